The number of carbonyl (C=O) groups is 1. The molecule has 0 radical (unpaired) electrons. The lowest BCUT2D eigenvalue weighted by molar-refractivity contribution is 0.0544. The van der Waals surface area contributed by atoms with Gasteiger partial charge in [0.1, 0.15) is 5.75 Å². The van der Waals surface area contributed by atoms with Gasteiger partial charge in [0.25, 0.3) is 0 Å². The van der Waals surface area contributed by atoms with E-state index in [1.807, 2.05) is 24.4 Å². The number of Topliss-reactive ketones (excluding diaryl/α,β-unsaturated/α-hetero) is 1. The minimum Gasteiger partial charge on any atom is -0.497 e. The van der Waals surface area contributed by atoms with Crippen molar-refractivity contribution in [2.75, 3.05) is 20.3 Å². The summed E-state index contributed by atoms with van der Waals surface area (Å²) in [5.74, 6) is 0.837. The largest absolute Gasteiger partial charge is 0.497 e. The quantitative estimate of drug-likeness (QED) is 0.810. The molecule has 0 bridgehead atoms. The summed E-state index contributed by atoms with van der Waals surface area (Å²) in [7, 11) is 1.60. The van der Waals surface area contributed by atoms with Crippen LogP contribution < -0.4 is 4.74 Å². The normalized spacial score (nSPS) is 15.9. The number of nitrogens with zero attached hydrogens (tertiary/aromatic N) is 2. The Morgan fingerprint density at radius 1 is 1.38 bits per heavy atom. The van der Waals surface area contributed by atoms with Crippen LogP contribution in [0.2, 0.25) is 0 Å². The molecule has 0 amide bonds. The predicted octanol–water partition coefficient (Wildman–Crippen LogP) is 2.49. The summed E-state index contributed by atoms with van der Waals surface area (Å²) in [6.45, 7) is 1.30. The molecule has 1 aromatic carbocycles. The lowest BCUT2D eigenvalue weighted by Crippen LogP contribution is -2.24. The average molecular weight is 286 g/mol. The monoisotopic (exact) mass is 286 g/mol. The summed E-state index contributed by atoms with van der Waals surface area (Å²) in [6, 6.07) is 7.36. The second-order valence-electron chi connectivity index (χ2n) is 5.08. The average Bonchev–Trinajstić information content (AvgIpc) is 3.08. The van der Waals surface area contributed by atoms with Crippen molar-refractivity contribution in [3.63, 3.8) is 0 Å². The van der Waals surface area contributed by atoms with Gasteiger partial charge in [-0.2, -0.15) is 5.10 Å². The molecule has 1 aliphatic rings. The molecule has 2 heterocycles. The second-order valence-corrected chi connectivity index (χ2v) is 5.08. The zero-order valence-electron chi connectivity index (χ0n) is 12.0. The summed E-state index contributed by atoms with van der Waals surface area (Å²) in [5.41, 5.74) is 1.45. The molecule has 3 rings (SSSR count). The molecule has 1 aliphatic heterocycles. The molecular weight excluding hydrogens is 268 g/mol. The molecule has 1 aromatic heterocycles. The molecule has 0 N–H and O–H groups in total. The van der Waals surface area contributed by atoms with Gasteiger partial charge in [0.15, 0.2) is 5.78 Å². The van der Waals surface area contributed by atoms with Gasteiger partial charge in [-0.1, -0.05) is 0 Å². The standard InChI is InChI=1S/C16H18N2O3/c1-20-13-3-4-15(18-8-2-7-17-18)14(11-13)16(19)12-5-9-21-10-6-12/h2-4,7-8,11-12H,5-6,9-10H2,1H3. The van der Waals surface area contributed by atoms with E-state index in [1.165, 1.54) is 0 Å². The molecule has 0 atom stereocenters. The summed E-state index contributed by atoms with van der Waals surface area (Å²) >= 11 is 0. The van der Waals surface area contributed by atoms with Crippen molar-refractivity contribution in [2.45, 2.75) is 12.8 Å². The SMILES string of the molecule is COc1ccc(-n2cccn2)c(C(=O)C2CCOCC2)c1. The molecule has 0 saturated carbocycles. The fraction of sp³-hybridized carbons (Fsp3) is 0.375. The highest BCUT2D eigenvalue weighted by Crippen LogP contribution is 2.27. The van der Waals surface area contributed by atoms with E-state index in [9.17, 15) is 4.79 Å². The highest BCUT2D eigenvalue weighted by atomic mass is 16.5. The van der Waals surface area contributed by atoms with E-state index in [4.69, 9.17) is 9.47 Å². The maximum atomic E-state index is 12.8. The molecule has 2 aromatic rings. The summed E-state index contributed by atoms with van der Waals surface area (Å²) < 4.78 is 12.3. The Kier molecular flexibility index (Phi) is 4.01. The van der Waals surface area contributed by atoms with Crippen LogP contribution in [0.4, 0.5) is 0 Å². The van der Waals surface area contributed by atoms with Crippen molar-refractivity contribution < 1.29 is 14.3 Å². The van der Waals surface area contributed by atoms with Crippen LogP contribution in [-0.4, -0.2) is 35.9 Å². The number of ether oxygens (including phenoxy) is 2. The van der Waals surface area contributed by atoms with Gasteiger partial charge >= 0.3 is 0 Å². The molecule has 1 saturated heterocycles. The van der Waals surface area contributed by atoms with Crippen LogP contribution >= 0.6 is 0 Å². The van der Waals surface area contributed by atoms with Crippen LogP contribution in [0.1, 0.15) is 23.2 Å². The molecule has 0 unspecified atom stereocenters. The highest BCUT2D eigenvalue weighted by Gasteiger charge is 2.25. The predicted molar refractivity (Wildman–Crippen MR) is 78.0 cm³/mol. The van der Waals surface area contributed by atoms with Crippen LogP contribution in [0.5, 0.6) is 5.75 Å². The van der Waals surface area contributed by atoms with Crippen molar-refractivity contribution in [2.24, 2.45) is 5.92 Å². The summed E-state index contributed by atoms with van der Waals surface area (Å²) in [5, 5.41) is 4.23. The zero-order chi connectivity index (χ0) is 14.7. The number of methoxy groups -OCH3 is 1. The smallest absolute Gasteiger partial charge is 0.168 e. The number of benzene rings is 1. The number of hydrogen-bond donors (Lipinski definition) is 0. The minimum absolute atomic E-state index is 0.0140. The maximum Gasteiger partial charge on any atom is 0.168 e. The van der Waals surface area contributed by atoms with Crippen molar-refractivity contribution >= 4 is 5.78 Å². The lowest BCUT2D eigenvalue weighted by Gasteiger charge is -2.22. The van der Waals surface area contributed by atoms with Gasteiger partial charge in [0.05, 0.1) is 12.8 Å². The second kappa shape index (κ2) is 6.10. The molecule has 5 heteroatoms. The van der Waals surface area contributed by atoms with Gasteiger partial charge in [-0.05, 0) is 37.1 Å². The zero-order valence-corrected chi connectivity index (χ0v) is 12.0. The Hall–Kier alpha value is -2.14. The summed E-state index contributed by atoms with van der Waals surface area (Å²) in [4.78, 5) is 12.8. The number of ketones is 1. The van der Waals surface area contributed by atoms with E-state index < -0.39 is 0 Å². The Morgan fingerprint density at radius 2 is 2.19 bits per heavy atom. The van der Waals surface area contributed by atoms with Crippen LogP contribution in [0.3, 0.4) is 0 Å². The van der Waals surface area contributed by atoms with Crippen LogP contribution in [-0.2, 0) is 4.74 Å². The fourth-order valence-electron chi connectivity index (χ4n) is 2.63. The van der Waals surface area contributed by atoms with E-state index in [-0.39, 0.29) is 11.7 Å². The molecule has 5 nitrogen and oxygen atoms in total. The number of aromatic nitrogens is 2. The van der Waals surface area contributed by atoms with Crippen LogP contribution in [0.15, 0.2) is 36.7 Å². The Morgan fingerprint density at radius 3 is 2.86 bits per heavy atom. The number of hydrogen-bond acceptors (Lipinski definition) is 4. The van der Waals surface area contributed by atoms with Crippen LogP contribution in [0.25, 0.3) is 5.69 Å². The van der Waals surface area contributed by atoms with E-state index in [1.54, 1.807) is 24.1 Å². The van der Waals surface area contributed by atoms with E-state index >= 15 is 0 Å². The van der Waals surface area contributed by atoms with Gasteiger partial charge < -0.3 is 9.47 Å². The first kappa shape index (κ1) is 13.8. The van der Waals surface area contributed by atoms with Gasteiger partial charge in [-0.25, -0.2) is 4.68 Å². The van der Waals surface area contributed by atoms with Gasteiger partial charge in [0, 0.05) is 37.1 Å². The molecule has 0 spiro atoms. The third-order valence-corrected chi connectivity index (χ3v) is 3.81. The van der Waals surface area contributed by atoms with E-state index in [0.29, 0.717) is 24.5 Å². The molecule has 1 fully saturated rings. The first-order chi connectivity index (χ1) is 10.3. The Balaban J connectivity index is 1.99. The van der Waals surface area contributed by atoms with Crippen molar-refractivity contribution in [1.82, 2.24) is 9.78 Å². The fourth-order valence-corrected chi connectivity index (χ4v) is 2.63. The molecule has 110 valence electrons. The summed E-state index contributed by atoms with van der Waals surface area (Å²) in [6.07, 6.45) is 5.08. The number of carbonyl (C=O) groups excluding carboxylic acids is 1. The highest BCUT2D eigenvalue weighted by molar-refractivity contribution is 6.01. The third kappa shape index (κ3) is 2.83. The topological polar surface area (TPSA) is 53.4 Å². The van der Waals surface area contributed by atoms with Crippen LogP contribution in [0, 0.1) is 5.92 Å². The van der Waals surface area contributed by atoms with E-state index in [0.717, 1.165) is 18.5 Å². The van der Waals surface area contributed by atoms with Gasteiger partial charge in [-0.15, -0.1) is 0 Å². The third-order valence-electron chi connectivity index (χ3n) is 3.81. The minimum atomic E-state index is 0.0140. The van der Waals surface area contributed by atoms with Gasteiger partial charge in [0.2, 0.25) is 0 Å². The van der Waals surface area contributed by atoms with Crippen molar-refractivity contribution in [1.29, 1.82) is 0 Å². The van der Waals surface area contributed by atoms with Gasteiger partial charge in [-0.3, -0.25) is 4.79 Å². The van der Waals surface area contributed by atoms with Crippen molar-refractivity contribution in [3.05, 3.63) is 42.2 Å². The Labute approximate surface area is 123 Å². The molecule has 0 aliphatic carbocycles. The Bertz CT molecular complexity index is 616. The maximum absolute atomic E-state index is 12.8. The number of rotatable bonds is 4. The van der Waals surface area contributed by atoms with Crippen molar-refractivity contribution in [3.8, 4) is 11.4 Å². The molecule has 21 heavy (non-hydrogen) atoms. The van der Waals surface area contributed by atoms with E-state index in [2.05, 4.69) is 5.10 Å². The molecular formula is C16H18N2O3. The first-order valence-electron chi connectivity index (χ1n) is 7.09. The lowest BCUT2D eigenvalue weighted by atomic mass is 9.90. The first-order valence-corrected chi connectivity index (χ1v) is 7.09.